The van der Waals surface area contributed by atoms with Gasteiger partial charge in [0.1, 0.15) is 13.2 Å². The highest BCUT2D eigenvalue weighted by Gasteiger charge is 2.19. The van der Waals surface area contributed by atoms with Gasteiger partial charge < -0.3 is 14.2 Å². The molecule has 424 valence electrons. The van der Waals surface area contributed by atoms with E-state index in [1.165, 1.54) is 193 Å². The van der Waals surface area contributed by atoms with Crippen LogP contribution in [0.15, 0.2) is 60.8 Å². The summed E-state index contributed by atoms with van der Waals surface area (Å²) in [4.78, 5) is 37.9. The molecular formula is C67H120O6. The average molecular weight is 1020 g/mol. The Labute approximate surface area is 453 Å². The van der Waals surface area contributed by atoms with E-state index in [9.17, 15) is 14.4 Å². The molecule has 0 aliphatic rings. The standard InChI is InChI=1S/C67H120O6/c1-4-7-10-13-16-18-20-22-24-26-28-29-30-31-32-33-34-35-36-37-38-40-41-43-45-47-49-51-54-57-60-66(69)72-63-64(62-71-65(68)59-56-53-15-12-9-6-3)73-67(70)61-58-55-52-50-48-46-44-42-39-27-25-23-21-19-17-14-11-8-5-2/h8,11,17,19,23,25,39,42,46,48,64H,4-7,9-10,12-16,18,20-22,24,26-38,40-41,43-45,47,49-63H2,1-3H3/b11-8-,19-17-,25-23-,42-39-,48-46-. The minimum absolute atomic E-state index is 0.0848. The van der Waals surface area contributed by atoms with Crippen molar-refractivity contribution in [3.8, 4) is 0 Å². The van der Waals surface area contributed by atoms with E-state index in [1.54, 1.807) is 0 Å². The first-order valence-corrected chi connectivity index (χ1v) is 31.8. The number of allylic oxidation sites excluding steroid dienone is 10. The zero-order valence-electron chi connectivity index (χ0n) is 48.7. The molecule has 0 amide bonds. The second kappa shape index (κ2) is 61.7. The van der Waals surface area contributed by atoms with Crippen molar-refractivity contribution in [2.45, 2.75) is 335 Å². The Morgan fingerprint density at radius 2 is 0.534 bits per heavy atom. The molecule has 0 aromatic rings. The lowest BCUT2D eigenvalue weighted by molar-refractivity contribution is -0.167. The number of hydrogen-bond acceptors (Lipinski definition) is 6. The molecule has 6 nitrogen and oxygen atoms in total. The maximum absolute atomic E-state index is 12.8. The zero-order valence-corrected chi connectivity index (χ0v) is 48.7. The van der Waals surface area contributed by atoms with Gasteiger partial charge in [-0.3, -0.25) is 14.4 Å². The molecule has 0 radical (unpaired) electrons. The molecule has 0 aromatic carbocycles. The number of esters is 3. The highest BCUT2D eigenvalue weighted by molar-refractivity contribution is 5.71. The molecule has 0 rings (SSSR count). The molecule has 0 aromatic heterocycles. The molecule has 6 heteroatoms. The Hall–Kier alpha value is -2.89. The van der Waals surface area contributed by atoms with Gasteiger partial charge in [-0.25, -0.2) is 0 Å². The van der Waals surface area contributed by atoms with Gasteiger partial charge in [0.15, 0.2) is 6.10 Å². The highest BCUT2D eigenvalue weighted by Crippen LogP contribution is 2.18. The second-order valence-electron chi connectivity index (χ2n) is 21.3. The van der Waals surface area contributed by atoms with Gasteiger partial charge in [0.2, 0.25) is 0 Å². The van der Waals surface area contributed by atoms with E-state index in [0.717, 1.165) is 96.3 Å². The molecular weight excluding hydrogens is 901 g/mol. The highest BCUT2D eigenvalue weighted by atomic mass is 16.6. The SMILES string of the molecule is CC/C=C\C/C=C\C/C=C\C/C=C\C/C=C\CCCCCC(=O)OC(COC(=O)CCCCCCCC)COC(=O)CCCCCCCCCCCCCCCCCCCCCCCCCCCCCCCC. The maximum atomic E-state index is 12.8. The number of ether oxygens (including phenoxy) is 3. The van der Waals surface area contributed by atoms with Crippen LogP contribution in [-0.2, 0) is 28.6 Å². The van der Waals surface area contributed by atoms with Crippen LogP contribution in [0.3, 0.4) is 0 Å². The Kier molecular flexibility index (Phi) is 59.2. The molecule has 1 unspecified atom stereocenters. The summed E-state index contributed by atoms with van der Waals surface area (Å²) >= 11 is 0. The second-order valence-corrected chi connectivity index (χ2v) is 21.3. The predicted molar refractivity (Wildman–Crippen MR) is 316 cm³/mol. The minimum atomic E-state index is -0.787. The van der Waals surface area contributed by atoms with E-state index in [2.05, 4.69) is 81.5 Å². The normalized spacial score (nSPS) is 12.4. The summed E-state index contributed by atoms with van der Waals surface area (Å²) in [6.45, 7) is 6.48. The summed E-state index contributed by atoms with van der Waals surface area (Å²) in [5.41, 5.74) is 0. The molecule has 0 spiro atoms. The summed E-state index contributed by atoms with van der Waals surface area (Å²) in [6, 6.07) is 0. The Morgan fingerprint density at radius 3 is 0.836 bits per heavy atom. The van der Waals surface area contributed by atoms with Gasteiger partial charge in [-0.05, 0) is 64.2 Å². The fourth-order valence-corrected chi connectivity index (χ4v) is 9.30. The first-order chi connectivity index (χ1) is 36.0. The van der Waals surface area contributed by atoms with Crippen molar-refractivity contribution in [2.24, 2.45) is 0 Å². The van der Waals surface area contributed by atoms with E-state index >= 15 is 0 Å². The molecule has 0 aliphatic carbocycles. The van der Waals surface area contributed by atoms with Crippen LogP contribution in [0.25, 0.3) is 0 Å². The third kappa shape index (κ3) is 59.9. The molecule has 0 aliphatic heterocycles. The number of carbonyl (C=O) groups is 3. The zero-order chi connectivity index (χ0) is 52.9. The van der Waals surface area contributed by atoms with Gasteiger partial charge in [0.25, 0.3) is 0 Å². The maximum Gasteiger partial charge on any atom is 0.306 e. The lowest BCUT2D eigenvalue weighted by atomic mass is 10.0. The largest absolute Gasteiger partial charge is 0.462 e. The van der Waals surface area contributed by atoms with Crippen molar-refractivity contribution in [1.82, 2.24) is 0 Å². The number of unbranched alkanes of at least 4 members (excludes halogenated alkanes) is 37. The van der Waals surface area contributed by atoms with Crippen molar-refractivity contribution in [1.29, 1.82) is 0 Å². The smallest absolute Gasteiger partial charge is 0.306 e. The number of rotatable bonds is 58. The van der Waals surface area contributed by atoms with Gasteiger partial charge in [0, 0.05) is 19.3 Å². The van der Waals surface area contributed by atoms with E-state index < -0.39 is 6.10 Å². The molecule has 0 bridgehead atoms. The van der Waals surface area contributed by atoms with Crippen LogP contribution < -0.4 is 0 Å². The van der Waals surface area contributed by atoms with Crippen molar-refractivity contribution in [3.05, 3.63) is 60.8 Å². The van der Waals surface area contributed by atoms with Crippen molar-refractivity contribution >= 4 is 17.9 Å². The van der Waals surface area contributed by atoms with E-state index in [1.807, 2.05) is 0 Å². The molecule has 1 atom stereocenters. The van der Waals surface area contributed by atoms with Crippen molar-refractivity contribution < 1.29 is 28.6 Å². The lowest BCUT2D eigenvalue weighted by Crippen LogP contribution is -2.30. The monoisotopic (exact) mass is 1020 g/mol. The minimum Gasteiger partial charge on any atom is -0.462 e. The summed E-state index contributed by atoms with van der Waals surface area (Å²) in [6.07, 6.45) is 78.6. The topological polar surface area (TPSA) is 78.9 Å². The first-order valence-electron chi connectivity index (χ1n) is 31.8. The Bertz CT molecular complexity index is 1310. The van der Waals surface area contributed by atoms with E-state index in [0.29, 0.717) is 19.3 Å². The van der Waals surface area contributed by atoms with Crippen molar-refractivity contribution in [3.63, 3.8) is 0 Å². The van der Waals surface area contributed by atoms with Gasteiger partial charge in [-0.2, -0.15) is 0 Å². The van der Waals surface area contributed by atoms with Gasteiger partial charge in [0.05, 0.1) is 0 Å². The lowest BCUT2D eigenvalue weighted by Gasteiger charge is -2.18. The van der Waals surface area contributed by atoms with Gasteiger partial charge >= 0.3 is 17.9 Å². The molecule has 73 heavy (non-hydrogen) atoms. The summed E-state index contributed by atoms with van der Waals surface area (Å²) in [7, 11) is 0. The van der Waals surface area contributed by atoms with Crippen LogP contribution in [-0.4, -0.2) is 37.2 Å². The molecule has 0 N–H and O–H groups in total. The summed E-state index contributed by atoms with van der Waals surface area (Å²) in [5.74, 6) is -0.914. The molecule has 0 saturated carbocycles. The Balaban J connectivity index is 4.03. The van der Waals surface area contributed by atoms with Gasteiger partial charge in [-0.1, -0.05) is 306 Å². The number of carbonyl (C=O) groups excluding carboxylic acids is 3. The van der Waals surface area contributed by atoms with Crippen LogP contribution >= 0.6 is 0 Å². The van der Waals surface area contributed by atoms with Crippen LogP contribution in [0, 0.1) is 0 Å². The van der Waals surface area contributed by atoms with Crippen LogP contribution in [0.4, 0.5) is 0 Å². The van der Waals surface area contributed by atoms with Crippen LogP contribution in [0.1, 0.15) is 329 Å². The molecule has 0 saturated heterocycles. The fourth-order valence-electron chi connectivity index (χ4n) is 9.30. The average Bonchev–Trinajstić information content (AvgIpc) is 3.39. The van der Waals surface area contributed by atoms with E-state index in [-0.39, 0.29) is 31.1 Å². The summed E-state index contributed by atoms with van der Waals surface area (Å²) < 4.78 is 16.8. The van der Waals surface area contributed by atoms with E-state index in [4.69, 9.17) is 14.2 Å². The third-order valence-corrected chi connectivity index (χ3v) is 14.0. The van der Waals surface area contributed by atoms with Crippen molar-refractivity contribution in [2.75, 3.05) is 13.2 Å². The quantitative estimate of drug-likeness (QED) is 0.0261. The Morgan fingerprint density at radius 1 is 0.288 bits per heavy atom. The fraction of sp³-hybridized carbons (Fsp3) is 0.806. The van der Waals surface area contributed by atoms with Gasteiger partial charge in [-0.15, -0.1) is 0 Å². The molecule has 0 heterocycles. The molecule has 0 fully saturated rings. The summed E-state index contributed by atoms with van der Waals surface area (Å²) in [5, 5.41) is 0. The van der Waals surface area contributed by atoms with Crippen LogP contribution in [0.2, 0.25) is 0 Å². The first kappa shape index (κ1) is 70.1. The third-order valence-electron chi connectivity index (χ3n) is 14.0. The predicted octanol–water partition coefficient (Wildman–Crippen LogP) is 21.6. The van der Waals surface area contributed by atoms with Crippen LogP contribution in [0.5, 0.6) is 0 Å². The number of hydrogen-bond donors (Lipinski definition) is 0.